The average molecular weight is 547 g/mol. The number of aliphatic hydroxyl groups excluding tert-OH is 1. The standard InChI is InChI=1S/C16H18N4O6S2.C9H12/c1-27(23,24)19-8-5-6-11-12(7-8)28(25,26)20-15(17-11)13-14(21)9-3-2-4-10(9)18-16(13)22;1-3-9-6-4-5-8(2)7-9/h5-7,9-10,19,21H,2-4H2,1H3,(H,17,20)(H,18,22);4-7H,3H2,1-2H3/t9-,10+;/m1./s1. The van der Waals surface area contributed by atoms with Gasteiger partial charge in [0.1, 0.15) is 16.2 Å². The number of hydrogen-bond acceptors (Lipinski definition) is 7. The van der Waals surface area contributed by atoms with Crippen LogP contribution in [-0.2, 0) is 31.3 Å². The number of rotatable bonds is 4. The molecule has 4 N–H and O–H groups in total. The minimum atomic E-state index is -4.22. The van der Waals surface area contributed by atoms with Gasteiger partial charge in [-0.15, -0.1) is 4.40 Å². The Balaban J connectivity index is 0.000000301. The van der Waals surface area contributed by atoms with Crippen molar-refractivity contribution in [3.05, 3.63) is 64.9 Å². The summed E-state index contributed by atoms with van der Waals surface area (Å²) in [4.78, 5) is 12.2. The van der Waals surface area contributed by atoms with Gasteiger partial charge in [-0.05, 0) is 49.9 Å². The van der Waals surface area contributed by atoms with E-state index in [-0.39, 0.29) is 45.4 Å². The molecule has 12 heteroatoms. The van der Waals surface area contributed by atoms with Crippen LogP contribution in [0, 0.1) is 12.8 Å². The van der Waals surface area contributed by atoms with E-state index in [1.807, 2.05) is 0 Å². The Morgan fingerprint density at radius 2 is 1.92 bits per heavy atom. The highest BCUT2D eigenvalue weighted by Crippen LogP contribution is 2.37. The lowest BCUT2D eigenvalue weighted by atomic mass is 9.92. The summed E-state index contributed by atoms with van der Waals surface area (Å²) in [6.45, 7) is 4.30. The minimum absolute atomic E-state index is 0.0662. The Kier molecular flexibility index (Phi) is 7.33. The lowest BCUT2D eigenvalue weighted by molar-refractivity contribution is -0.118. The molecule has 2 atom stereocenters. The summed E-state index contributed by atoms with van der Waals surface area (Å²) in [5, 5.41) is 16.1. The summed E-state index contributed by atoms with van der Waals surface area (Å²) < 4.78 is 53.9. The third-order valence-corrected chi connectivity index (χ3v) is 8.34. The molecule has 5 rings (SSSR count). The number of hydrogen-bond donors (Lipinski definition) is 4. The highest BCUT2D eigenvalue weighted by Gasteiger charge is 2.42. The molecule has 2 heterocycles. The first-order valence-electron chi connectivity index (χ1n) is 11.9. The molecule has 0 saturated heterocycles. The van der Waals surface area contributed by atoms with E-state index in [4.69, 9.17) is 0 Å². The van der Waals surface area contributed by atoms with Crippen LogP contribution in [0.5, 0.6) is 0 Å². The predicted octanol–water partition coefficient (Wildman–Crippen LogP) is 3.24. The molecule has 3 aliphatic rings. The van der Waals surface area contributed by atoms with Crippen molar-refractivity contribution in [2.75, 3.05) is 16.3 Å². The molecule has 0 bridgehead atoms. The molecule has 1 aliphatic carbocycles. The molecule has 37 heavy (non-hydrogen) atoms. The number of sulfonamides is 2. The van der Waals surface area contributed by atoms with Crippen LogP contribution in [0.15, 0.2) is 63.1 Å². The average Bonchev–Trinajstić information content (AvgIpc) is 3.27. The molecule has 0 radical (unpaired) electrons. The number of amides is 1. The maximum atomic E-state index is 12.6. The van der Waals surface area contributed by atoms with Gasteiger partial charge in [0.2, 0.25) is 10.0 Å². The maximum Gasteiger partial charge on any atom is 0.286 e. The highest BCUT2D eigenvalue weighted by atomic mass is 32.2. The summed E-state index contributed by atoms with van der Waals surface area (Å²) in [5.41, 5.74) is 2.79. The Labute approximate surface area is 217 Å². The van der Waals surface area contributed by atoms with Gasteiger partial charge in [0.15, 0.2) is 5.84 Å². The SMILES string of the molecule is CCc1cccc(C)c1.CS(=O)(=O)Nc1ccc2c(c1)S(=O)(=O)N=C(C1=C(O)[C@@H]3CCC[C@@H]3NC1=O)N2. The lowest BCUT2D eigenvalue weighted by Crippen LogP contribution is -2.47. The van der Waals surface area contributed by atoms with Crippen molar-refractivity contribution in [2.45, 2.75) is 50.5 Å². The maximum absolute atomic E-state index is 12.6. The van der Waals surface area contributed by atoms with E-state index in [0.717, 1.165) is 31.6 Å². The normalized spacial score (nSPS) is 21.9. The number of aliphatic hydroxyl groups is 1. The van der Waals surface area contributed by atoms with Crippen molar-refractivity contribution >= 4 is 43.2 Å². The molecular weight excluding hydrogens is 516 g/mol. The Bertz CT molecular complexity index is 1510. The molecule has 198 valence electrons. The van der Waals surface area contributed by atoms with E-state index in [2.05, 4.69) is 57.9 Å². The minimum Gasteiger partial charge on any atom is -0.511 e. The molecular formula is C25H30N4O6S2. The summed E-state index contributed by atoms with van der Waals surface area (Å²) >= 11 is 0. The zero-order valence-corrected chi connectivity index (χ0v) is 22.4. The van der Waals surface area contributed by atoms with E-state index < -0.39 is 26.0 Å². The first kappa shape index (κ1) is 26.7. The second-order valence-electron chi connectivity index (χ2n) is 9.35. The van der Waals surface area contributed by atoms with Crippen LogP contribution in [-0.4, -0.2) is 46.0 Å². The molecule has 0 unspecified atom stereocenters. The number of nitrogens with one attached hydrogen (secondary N) is 3. The van der Waals surface area contributed by atoms with Crippen molar-refractivity contribution in [3.8, 4) is 0 Å². The fraction of sp³-hybridized carbons (Fsp3) is 0.360. The number of anilines is 2. The third kappa shape index (κ3) is 5.96. The van der Waals surface area contributed by atoms with E-state index in [0.29, 0.717) is 6.42 Å². The Morgan fingerprint density at radius 1 is 1.16 bits per heavy atom. The fourth-order valence-electron chi connectivity index (χ4n) is 4.71. The molecule has 0 aromatic heterocycles. The Hall–Kier alpha value is -3.38. The van der Waals surface area contributed by atoms with Crippen molar-refractivity contribution < 1.29 is 26.7 Å². The summed E-state index contributed by atoms with van der Waals surface area (Å²) in [5.74, 6) is -1.26. The van der Waals surface area contributed by atoms with Gasteiger partial charge in [-0.2, -0.15) is 8.42 Å². The van der Waals surface area contributed by atoms with Gasteiger partial charge in [-0.25, -0.2) is 8.42 Å². The number of nitrogens with zero attached hydrogens (tertiary/aromatic N) is 1. The quantitative estimate of drug-likeness (QED) is 0.459. The molecule has 2 aliphatic heterocycles. The molecule has 2 aromatic carbocycles. The van der Waals surface area contributed by atoms with E-state index in [1.165, 1.54) is 23.3 Å². The molecule has 1 saturated carbocycles. The van der Waals surface area contributed by atoms with Gasteiger partial charge in [-0.3, -0.25) is 9.52 Å². The number of carbonyl (C=O) groups excluding carboxylic acids is 1. The largest absolute Gasteiger partial charge is 0.511 e. The summed E-state index contributed by atoms with van der Waals surface area (Å²) in [7, 11) is -7.81. The first-order valence-corrected chi connectivity index (χ1v) is 15.2. The third-order valence-electron chi connectivity index (χ3n) is 6.42. The predicted molar refractivity (Wildman–Crippen MR) is 143 cm³/mol. The summed E-state index contributed by atoms with van der Waals surface area (Å²) in [6.07, 6.45) is 4.39. The van der Waals surface area contributed by atoms with Crippen LogP contribution >= 0.6 is 0 Å². The number of aryl methyl sites for hydroxylation is 2. The van der Waals surface area contributed by atoms with Gasteiger partial charge in [0, 0.05) is 17.6 Å². The second kappa shape index (κ2) is 10.2. The smallest absolute Gasteiger partial charge is 0.286 e. The number of benzene rings is 2. The van der Waals surface area contributed by atoms with Crippen molar-refractivity contribution in [1.29, 1.82) is 0 Å². The summed E-state index contributed by atoms with van der Waals surface area (Å²) in [6, 6.07) is 12.3. The molecule has 1 fully saturated rings. The van der Waals surface area contributed by atoms with E-state index in [1.54, 1.807) is 0 Å². The van der Waals surface area contributed by atoms with Crippen LogP contribution in [0.3, 0.4) is 0 Å². The zero-order chi connectivity index (χ0) is 27.0. The Morgan fingerprint density at radius 3 is 2.57 bits per heavy atom. The number of fused-ring (bicyclic) bond motifs is 2. The van der Waals surface area contributed by atoms with Gasteiger partial charge < -0.3 is 15.7 Å². The van der Waals surface area contributed by atoms with Crippen LogP contribution in [0.25, 0.3) is 0 Å². The lowest BCUT2D eigenvalue weighted by Gasteiger charge is -2.29. The van der Waals surface area contributed by atoms with Crippen LogP contribution < -0.4 is 15.4 Å². The molecule has 10 nitrogen and oxygen atoms in total. The van der Waals surface area contributed by atoms with Crippen LogP contribution in [0.2, 0.25) is 0 Å². The first-order chi connectivity index (χ1) is 17.4. The molecule has 1 amide bonds. The van der Waals surface area contributed by atoms with Crippen molar-refractivity contribution in [1.82, 2.24) is 5.32 Å². The molecule has 2 aromatic rings. The topological polar surface area (TPSA) is 154 Å². The molecule has 0 spiro atoms. The van der Waals surface area contributed by atoms with Gasteiger partial charge in [0.25, 0.3) is 15.9 Å². The highest BCUT2D eigenvalue weighted by molar-refractivity contribution is 7.92. The monoisotopic (exact) mass is 546 g/mol. The van der Waals surface area contributed by atoms with Crippen molar-refractivity contribution in [2.24, 2.45) is 10.3 Å². The van der Waals surface area contributed by atoms with Crippen molar-refractivity contribution in [3.63, 3.8) is 0 Å². The van der Waals surface area contributed by atoms with Crippen LogP contribution in [0.1, 0.15) is 37.3 Å². The number of amidine groups is 1. The zero-order valence-electron chi connectivity index (χ0n) is 20.8. The van der Waals surface area contributed by atoms with E-state index in [9.17, 15) is 26.7 Å². The van der Waals surface area contributed by atoms with Crippen LogP contribution in [0.4, 0.5) is 11.4 Å². The fourth-order valence-corrected chi connectivity index (χ4v) is 6.41. The van der Waals surface area contributed by atoms with Gasteiger partial charge in [0.05, 0.1) is 11.9 Å². The van der Waals surface area contributed by atoms with Gasteiger partial charge in [-0.1, -0.05) is 43.2 Å². The number of carbonyl (C=O) groups is 1. The van der Waals surface area contributed by atoms with Gasteiger partial charge >= 0.3 is 0 Å². The van der Waals surface area contributed by atoms with E-state index >= 15 is 0 Å². The second-order valence-corrected chi connectivity index (χ2v) is 12.7.